The molecule has 1 aliphatic rings. The van der Waals surface area contributed by atoms with Gasteiger partial charge in [-0.05, 0) is 27.2 Å². The number of nitrogens with two attached hydrogens (primary N) is 1. The Kier molecular flexibility index (Phi) is 4.34. The molecule has 6 nitrogen and oxygen atoms in total. The summed E-state index contributed by atoms with van der Waals surface area (Å²) in [6.07, 6.45) is 0.507. The van der Waals surface area contributed by atoms with Crippen molar-refractivity contribution in [2.45, 2.75) is 38.8 Å². The number of rotatable bonds is 3. The van der Waals surface area contributed by atoms with Gasteiger partial charge in [0.15, 0.2) is 0 Å². The minimum Gasteiger partial charge on any atom is -0.444 e. The fourth-order valence-electron chi connectivity index (χ4n) is 1.66. The van der Waals surface area contributed by atoms with Gasteiger partial charge in [0.25, 0.3) is 0 Å². The zero-order chi connectivity index (χ0) is 13.1. The first-order valence-corrected chi connectivity index (χ1v) is 5.77. The number of hydrogen-bond acceptors (Lipinski definition) is 4. The highest BCUT2D eigenvalue weighted by Gasteiger charge is 2.29. The van der Waals surface area contributed by atoms with E-state index in [0.29, 0.717) is 13.1 Å². The van der Waals surface area contributed by atoms with E-state index in [9.17, 15) is 9.59 Å². The monoisotopic (exact) mass is 243 g/mol. The van der Waals surface area contributed by atoms with Crippen LogP contribution in [0.4, 0.5) is 4.79 Å². The van der Waals surface area contributed by atoms with Crippen LogP contribution in [0, 0.1) is 0 Å². The molecule has 0 aromatic rings. The molecule has 0 aromatic carbocycles. The Morgan fingerprint density at radius 1 is 1.47 bits per heavy atom. The summed E-state index contributed by atoms with van der Waals surface area (Å²) in [5.74, 6) is -0.388. The van der Waals surface area contributed by atoms with E-state index in [1.165, 1.54) is 0 Å². The maximum atomic E-state index is 11.7. The van der Waals surface area contributed by atoms with Gasteiger partial charge in [0.2, 0.25) is 5.91 Å². The second kappa shape index (κ2) is 5.35. The molecule has 0 bridgehead atoms. The first kappa shape index (κ1) is 13.8. The van der Waals surface area contributed by atoms with Crippen molar-refractivity contribution in [1.82, 2.24) is 10.2 Å². The second-order valence-corrected chi connectivity index (χ2v) is 5.26. The quantitative estimate of drug-likeness (QED) is 0.734. The number of hydrogen-bond donors (Lipinski definition) is 2. The number of nitrogens with zero attached hydrogens (tertiary/aromatic N) is 1. The maximum Gasteiger partial charge on any atom is 0.410 e. The first-order valence-electron chi connectivity index (χ1n) is 5.77. The van der Waals surface area contributed by atoms with Crippen LogP contribution in [0.15, 0.2) is 0 Å². The van der Waals surface area contributed by atoms with Crippen LogP contribution >= 0.6 is 0 Å². The smallest absolute Gasteiger partial charge is 0.410 e. The molecule has 17 heavy (non-hydrogen) atoms. The van der Waals surface area contributed by atoms with E-state index < -0.39 is 5.60 Å². The van der Waals surface area contributed by atoms with Crippen LogP contribution in [0.25, 0.3) is 0 Å². The Hall–Kier alpha value is -1.30. The van der Waals surface area contributed by atoms with Crippen LogP contribution in [0.2, 0.25) is 0 Å². The Bertz CT molecular complexity index is 299. The van der Waals surface area contributed by atoms with Gasteiger partial charge in [0.05, 0.1) is 6.54 Å². The van der Waals surface area contributed by atoms with Gasteiger partial charge in [-0.3, -0.25) is 4.79 Å². The Morgan fingerprint density at radius 2 is 2.12 bits per heavy atom. The van der Waals surface area contributed by atoms with Crippen molar-refractivity contribution in [3.05, 3.63) is 0 Å². The fourth-order valence-corrected chi connectivity index (χ4v) is 1.66. The van der Waals surface area contributed by atoms with Gasteiger partial charge in [0, 0.05) is 19.1 Å². The maximum absolute atomic E-state index is 11.7. The van der Waals surface area contributed by atoms with Gasteiger partial charge in [-0.25, -0.2) is 4.79 Å². The van der Waals surface area contributed by atoms with E-state index in [-0.39, 0.29) is 24.6 Å². The predicted octanol–water partition coefficient (Wildman–Crippen LogP) is 0.0707. The van der Waals surface area contributed by atoms with Crippen molar-refractivity contribution in [3.8, 4) is 0 Å². The van der Waals surface area contributed by atoms with Gasteiger partial charge in [0.1, 0.15) is 5.60 Å². The average molecular weight is 243 g/mol. The van der Waals surface area contributed by atoms with Gasteiger partial charge in [-0.15, -0.1) is 0 Å². The number of carbonyl (C=O) groups is 2. The van der Waals surface area contributed by atoms with E-state index in [0.717, 1.165) is 6.42 Å². The van der Waals surface area contributed by atoms with E-state index in [4.69, 9.17) is 10.5 Å². The highest BCUT2D eigenvalue weighted by Crippen LogP contribution is 2.15. The van der Waals surface area contributed by atoms with Crippen molar-refractivity contribution in [2.24, 2.45) is 5.73 Å². The van der Waals surface area contributed by atoms with Crippen molar-refractivity contribution in [3.63, 3.8) is 0 Å². The van der Waals surface area contributed by atoms with Crippen LogP contribution in [-0.4, -0.2) is 48.2 Å². The molecule has 0 spiro atoms. The van der Waals surface area contributed by atoms with Crippen LogP contribution in [0.3, 0.4) is 0 Å². The van der Waals surface area contributed by atoms with Crippen LogP contribution in [0.5, 0.6) is 0 Å². The summed E-state index contributed by atoms with van der Waals surface area (Å²) in [4.78, 5) is 24.0. The summed E-state index contributed by atoms with van der Waals surface area (Å²) in [6, 6.07) is 0.120. The molecule has 2 amide bonds. The largest absolute Gasteiger partial charge is 0.444 e. The zero-order valence-corrected chi connectivity index (χ0v) is 10.7. The van der Waals surface area contributed by atoms with Gasteiger partial charge in [-0.2, -0.15) is 0 Å². The van der Waals surface area contributed by atoms with Crippen molar-refractivity contribution >= 4 is 12.0 Å². The normalized spacial score (nSPS) is 20.4. The molecule has 0 aliphatic carbocycles. The number of nitrogens with one attached hydrogen (secondary N) is 1. The van der Waals surface area contributed by atoms with Gasteiger partial charge in [-0.1, -0.05) is 0 Å². The lowest BCUT2D eigenvalue weighted by Gasteiger charge is -2.24. The summed E-state index contributed by atoms with van der Waals surface area (Å²) in [7, 11) is 0. The summed E-state index contributed by atoms with van der Waals surface area (Å²) in [6.45, 7) is 6.86. The second-order valence-electron chi connectivity index (χ2n) is 5.26. The van der Waals surface area contributed by atoms with Gasteiger partial charge >= 0.3 is 6.09 Å². The predicted molar refractivity (Wildman–Crippen MR) is 63.4 cm³/mol. The molecular formula is C11H21N3O3. The molecule has 6 heteroatoms. The van der Waals surface area contributed by atoms with Crippen LogP contribution < -0.4 is 11.1 Å². The molecule has 0 saturated carbocycles. The molecule has 98 valence electrons. The summed E-state index contributed by atoms with van der Waals surface area (Å²) < 4.78 is 5.26. The molecule has 1 aliphatic heterocycles. The average Bonchev–Trinajstić information content (AvgIpc) is 2.60. The third-order valence-electron chi connectivity index (χ3n) is 2.40. The Balaban J connectivity index is 2.34. The lowest BCUT2D eigenvalue weighted by atomic mass is 10.2. The molecule has 1 saturated heterocycles. The molecule has 0 aromatic heterocycles. The van der Waals surface area contributed by atoms with Crippen LogP contribution in [0.1, 0.15) is 27.2 Å². The van der Waals surface area contributed by atoms with E-state index in [2.05, 4.69) is 5.32 Å². The molecule has 0 radical (unpaired) electrons. The molecule has 3 N–H and O–H groups in total. The molecule has 1 heterocycles. The first-order chi connectivity index (χ1) is 7.78. The third-order valence-corrected chi connectivity index (χ3v) is 2.40. The van der Waals surface area contributed by atoms with Crippen molar-refractivity contribution < 1.29 is 14.3 Å². The SMILES string of the molecule is CC(C)(C)OC(=O)N1CC[C@H](NCC(N)=O)C1. The highest BCUT2D eigenvalue weighted by atomic mass is 16.6. The Labute approximate surface area is 101 Å². The number of ether oxygens (including phenoxy) is 1. The lowest BCUT2D eigenvalue weighted by molar-refractivity contribution is -0.117. The van der Waals surface area contributed by atoms with E-state index in [1.807, 2.05) is 20.8 Å². The number of primary amides is 1. The highest BCUT2D eigenvalue weighted by molar-refractivity contribution is 5.76. The van der Waals surface area contributed by atoms with Crippen molar-refractivity contribution in [2.75, 3.05) is 19.6 Å². The number of likely N-dealkylation sites (tertiary alicyclic amines) is 1. The number of amides is 2. The van der Waals surface area contributed by atoms with Crippen LogP contribution in [-0.2, 0) is 9.53 Å². The molecule has 1 atom stereocenters. The van der Waals surface area contributed by atoms with E-state index >= 15 is 0 Å². The topological polar surface area (TPSA) is 84.7 Å². The lowest BCUT2D eigenvalue weighted by Crippen LogP contribution is -2.40. The summed E-state index contributed by atoms with van der Waals surface area (Å²) >= 11 is 0. The molecular weight excluding hydrogens is 222 g/mol. The standard InChI is InChI=1S/C11H21N3O3/c1-11(2,3)17-10(16)14-5-4-8(7-14)13-6-9(12)15/h8,13H,4-7H2,1-3H3,(H2,12,15)/t8-/m0/s1. The number of carbonyl (C=O) groups excluding carboxylic acids is 2. The fraction of sp³-hybridized carbons (Fsp3) is 0.818. The molecule has 1 rings (SSSR count). The van der Waals surface area contributed by atoms with E-state index in [1.54, 1.807) is 4.90 Å². The zero-order valence-electron chi connectivity index (χ0n) is 10.7. The molecule has 1 fully saturated rings. The van der Waals surface area contributed by atoms with Gasteiger partial charge < -0.3 is 20.7 Å². The molecule has 0 unspecified atom stereocenters. The van der Waals surface area contributed by atoms with Crippen molar-refractivity contribution in [1.29, 1.82) is 0 Å². The minimum absolute atomic E-state index is 0.120. The minimum atomic E-state index is -0.476. The summed E-state index contributed by atoms with van der Waals surface area (Å²) in [5, 5.41) is 3.00. The third kappa shape index (κ3) is 5.04. The summed E-state index contributed by atoms with van der Waals surface area (Å²) in [5.41, 5.74) is 4.57. The Morgan fingerprint density at radius 3 is 2.65 bits per heavy atom.